The Kier molecular flexibility index (Phi) is 10.6. The number of aliphatic hydroxyl groups is 7. The molecular weight excluding hydrogens is 676 g/mol. The molecule has 4 aliphatic carbocycles. The standard InChI is InChI=1S/C35H54O16/c1-16(38)47-26-25(50-29-24(43)23(42)20(41)13-46-29)21(12-36)49-30(27(26)48-17(2)39)51-31(44)33(4)8-5-7-32(3)22(33)6-9-34-11-18(10-19(40)28(32)34)35(45,14-34)15-37/h18-30,36-37,40-43,45H,5-15H2,1-4H3/t18-,19+,20+,21-,22+,23+,24-,25-,26+,27-,28+,29+,30+,32-,33-,34+,35-/m1/s1. The second kappa shape index (κ2) is 14.0. The summed E-state index contributed by atoms with van der Waals surface area (Å²) in [7, 11) is 0. The first-order valence-corrected chi connectivity index (χ1v) is 18.1. The van der Waals surface area contributed by atoms with Crippen LogP contribution in [0.3, 0.4) is 0 Å². The van der Waals surface area contributed by atoms with Crippen LogP contribution in [0.25, 0.3) is 0 Å². The summed E-state index contributed by atoms with van der Waals surface area (Å²) in [6, 6.07) is 0. The zero-order valence-corrected chi connectivity index (χ0v) is 29.6. The molecule has 2 heterocycles. The SMILES string of the molecule is CC(=O)O[C@@H]1[C@@H](OC(C)=O)[C@H](OC(=O)[C@]2(C)CCC[C@@]3(C)[C@@H]4[C@@H](O)C[C@@H]5C[C@@]4(CC[C@@H]32)C[C@@]5(O)CO)O[C@H](CO)[C@H]1O[C@@H]1OC[C@H](O)[C@H](O)[C@H]1O. The number of fused-ring (bicyclic) bond motifs is 3. The highest BCUT2D eigenvalue weighted by Crippen LogP contribution is 2.73. The summed E-state index contributed by atoms with van der Waals surface area (Å²) in [6.07, 6.45) is -10.3. The monoisotopic (exact) mass is 730 g/mol. The molecule has 0 radical (unpaired) electrons. The third-order valence-corrected chi connectivity index (χ3v) is 13.3. The van der Waals surface area contributed by atoms with Crippen LogP contribution in [0.4, 0.5) is 0 Å². The van der Waals surface area contributed by atoms with Gasteiger partial charge in [-0.3, -0.25) is 14.4 Å². The summed E-state index contributed by atoms with van der Waals surface area (Å²) in [5, 5.41) is 74.1. The van der Waals surface area contributed by atoms with Crippen LogP contribution >= 0.6 is 0 Å². The molecule has 0 aromatic heterocycles. The Bertz CT molecular complexity index is 1330. The topological polar surface area (TPSA) is 248 Å². The van der Waals surface area contributed by atoms with E-state index in [1.807, 2.05) is 6.92 Å². The molecule has 16 heteroatoms. The van der Waals surface area contributed by atoms with Gasteiger partial charge in [0.15, 0.2) is 12.4 Å². The maximum Gasteiger partial charge on any atom is 0.314 e. The van der Waals surface area contributed by atoms with E-state index >= 15 is 0 Å². The quantitative estimate of drug-likeness (QED) is 0.117. The summed E-state index contributed by atoms with van der Waals surface area (Å²) in [4.78, 5) is 39.3. The predicted octanol–water partition coefficient (Wildman–Crippen LogP) is -0.958. The van der Waals surface area contributed by atoms with Crippen LogP contribution in [-0.2, 0) is 42.8 Å². The molecule has 6 rings (SSSR count). The first-order chi connectivity index (χ1) is 23.9. The molecule has 17 atom stereocenters. The Hall–Kier alpha value is -1.99. The second-order valence-electron chi connectivity index (χ2n) is 16.5. The van der Waals surface area contributed by atoms with Gasteiger partial charge in [0.1, 0.15) is 30.5 Å². The lowest BCUT2D eigenvalue weighted by molar-refractivity contribution is -0.346. The van der Waals surface area contributed by atoms with E-state index in [9.17, 15) is 50.1 Å². The smallest absolute Gasteiger partial charge is 0.314 e. The zero-order valence-electron chi connectivity index (χ0n) is 29.6. The fraction of sp³-hybridized carbons (Fsp3) is 0.914. The summed E-state index contributed by atoms with van der Waals surface area (Å²) in [6.45, 7) is 4.55. The van der Waals surface area contributed by atoms with Gasteiger partial charge in [0.05, 0.1) is 36.9 Å². The van der Waals surface area contributed by atoms with E-state index in [1.54, 1.807) is 0 Å². The third kappa shape index (κ3) is 6.50. The van der Waals surface area contributed by atoms with Crippen molar-refractivity contribution in [3.63, 3.8) is 0 Å². The minimum atomic E-state index is -1.75. The fourth-order valence-corrected chi connectivity index (χ4v) is 11.4. The van der Waals surface area contributed by atoms with E-state index < -0.39 is 109 Å². The number of hydrogen-bond donors (Lipinski definition) is 7. The van der Waals surface area contributed by atoms with Crippen LogP contribution < -0.4 is 0 Å². The molecule has 6 aliphatic rings. The molecule has 0 amide bonds. The zero-order chi connectivity index (χ0) is 37.3. The lowest BCUT2D eigenvalue weighted by atomic mass is 9.40. The van der Waals surface area contributed by atoms with Gasteiger partial charge in [-0.05, 0) is 80.5 Å². The predicted molar refractivity (Wildman–Crippen MR) is 170 cm³/mol. The van der Waals surface area contributed by atoms with Gasteiger partial charge < -0.3 is 64.2 Å². The van der Waals surface area contributed by atoms with Crippen molar-refractivity contribution in [3.05, 3.63) is 0 Å². The minimum absolute atomic E-state index is 0.211. The van der Waals surface area contributed by atoms with Crippen LogP contribution in [0.1, 0.15) is 79.1 Å². The van der Waals surface area contributed by atoms with E-state index in [4.69, 9.17) is 28.4 Å². The molecule has 51 heavy (non-hydrogen) atoms. The van der Waals surface area contributed by atoms with E-state index in [0.29, 0.717) is 44.9 Å². The average molecular weight is 731 g/mol. The highest BCUT2D eigenvalue weighted by molar-refractivity contribution is 5.77. The molecule has 1 spiro atoms. The molecule has 0 unspecified atom stereocenters. The molecule has 7 N–H and O–H groups in total. The van der Waals surface area contributed by atoms with Crippen molar-refractivity contribution >= 4 is 17.9 Å². The Balaban J connectivity index is 1.27. The van der Waals surface area contributed by atoms with Crippen LogP contribution in [0.5, 0.6) is 0 Å². The fourth-order valence-electron chi connectivity index (χ4n) is 11.4. The molecule has 0 aromatic carbocycles. The Morgan fingerprint density at radius 1 is 0.843 bits per heavy atom. The van der Waals surface area contributed by atoms with Crippen molar-refractivity contribution in [1.82, 2.24) is 0 Å². The first-order valence-electron chi connectivity index (χ1n) is 18.1. The number of carbonyl (C=O) groups is 3. The largest absolute Gasteiger partial charge is 0.455 e. The lowest BCUT2D eigenvalue weighted by Crippen LogP contribution is -2.66. The maximum absolute atomic E-state index is 14.5. The van der Waals surface area contributed by atoms with Crippen molar-refractivity contribution in [2.75, 3.05) is 19.8 Å². The Labute approximate surface area is 296 Å². The number of hydrogen-bond acceptors (Lipinski definition) is 16. The summed E-state index contributed by atoms with van der Waals surface area (Å²) >= 11 is 0. The molecule has 2 aliphatic heterocycles. The second-order valence-corrected chi connectivity index (χ2v) is 16.5. The first kappa shape index (κ1) is 38.7. The van der Waals surface area contributed by atoms with Crippen LogP contribution in [-0.4, -0.2) is 140 Å². The molecule has 0 aromatic rings. The van der Waals surface area contributed by atoms with Gasteiger partial charge in [-0.15, -0.1) is 0 Å². The summed E-state index contributed by atoms with van der Waals surface area (Å²) in [5.41, 5.74) is -3.27. The lowest BCUT2D eigenvalue weighted by Gasteiger charge is -2.64. The molecule has 290 valence electrons. The minimum Gasteiger partial charge on any atom is -0.455 e. The van der Waals surface area contributed by atoms with Gasteiger partial charge in [0, 0.05) is 13.8 Å². The van der Waals surface area contributed by atoms with Gasteiger partial charge in [-0.2, -0.15) is 0 Å². The highest BCUT2D eigenvalue weighted by Gasteiger charge is 2.71. The van der Waals surface area contributed by atoms with Gasteiger partial charge >= 0.3 is 17.9 Å². The molecule has 2 bridgehead atoms. The van der Waals surface area contributed by atoms with Crippen molar-refractivity contribution in [2.45, 2.75) is 146 Å². The molecular formula is C35H54O16. The van der Waals surface area contributed by atoms with Crippen molar-refractivity contribution in [1.29, 1.82) is 0 Å². The maximum atomic E-state index is 14.5. The molecule has 16 nitrogen and oxygen atoms in total. The van der Waals surface area contributed by atoms with E-state index in [0.717, 1.165) is 20.3 Å². The van der Waals surface area contributed by atoms with Gasteiger partial charge in [0.2, 0.25) is 12.4 Å². The number of rotatable bonds is 8. The van der Waals surface area contributed by atoms with Gasteiger partial charge in [-0.25, -0.2) is 0 Å². The van der Waals surface area contributed by atoms with Crippen molar-refractivity contribution < 1.29 is 78.6 Å². The Morgan fingerprint density at radius 3 is 2.18 bits per heavy atom. The number of aliphatic hydroxyl groups excluding tert-OH is 6. The number of ether oxygens (including phenoxy) is 6. The Morgan fingerprint density at radius 2 is 1.53 bits per heavy atom. The highest BCUT2D eigenvalue weighted by atomic mass is 16.8. The van der Waals surface area contributed by atoms with Gasteiger partial charge in [-0.1, -0.05) is 13.3 Å². The van der Waals surface area contributed by atoms with Crippen molar-refractivity contribution in [3.8, 4) is 0 Å². The van der Waals surface area contributed by atoms with Crippen LogP contribution in [0.15, 0.2) is 0 Å². The third-order valence-electron chi connectivity index (χ3n) is 13.3. The van der Waals surface area contributed by atoms with Crippen LogP contribution in [0.2, 0.25) is 0 Å². The summed E-state index contributed by atoms with van der Waals surface area (Å²) < 4.78 is 34.4. The molecule has 2 saturated heterocycles. The normalized spacial score (nSPS) is 50.8. The molecule has 4 saturated carbocycles. The molecule has 6 fully saturated rings. The average Bonchev–Trinajstić information content (AvgIpc) is 3.27. The van der Waals surface area contributed by atoms with E-state index in [2.05, 4.69) is 6.92 Å². The number of carbonyl (C=O) groups excluding carboxylic acids is 3. The van der Waals surface area contributed by atoms with Gasteiger partial charge in [0.25, 0.3) is 0 Å². The van der Waals surface area contributed by atoms with E-state index in [1.165, 1.54) is 0 Å². The van der Waals surface area contributed by atoms with Crippen LogP contribution in [0, 0.1) is 34.0 Å². The number of esters is 3. The van der Waals surface area contributed by atoms with Crippen molar-refractivity contribution in [2.24, 2.45) is 34.0 Å². The summed E-state index contributed by atoms with van der Waals surface area (Å²) in [5.74, 6) is -3.04. The van der Waals surface area contributed by atoms with E-state index in [-0.39, 0.29) is 29.8 Å².